The van der Waals surface area contributed by atoms with Gasteiger partial charge < -0.3 is 24.6 Å². The number of fused-ring (bicyclic) bond motifs is 1. The Morgan fingerprint density at radius 2 is 2.07 bits per heavy atom. The smallest absolute Gasteiger partial charge is 0.410 e. The molecule has 2 aliphatic heterocycles. The number of β-amino-alcohol motifs (C(OH)–C–C–N with tert-alkyl or cyclic N) is 1. The molecule has 1 fully saturated rings. The fourth-order valence-electron chi connectivity index (χ4n) is 3.91. The molecule has 0 aliphatic carbocycles. The third-order valence-electron chi connectivity index (χ3n) is 5.42. The Morgan fingerprint density at radius 1 is 1.33 bits per heavy atom. The summed E-state index contributed by atoms with van der Waals surface area (Å²) in [7, 11) is 0. The summed E-state index contributed by atoms with van der Waals surface area (Å²) < 4.78 is 10.7. The van der Waals surface area contributed by atoms with Crippen molar-refractivity contribution >= 4 is 12.1 Å². The molecule has 8 heteroatoms. The first-order valence-corrected chi connectivity index (χ1v) is 10.4. The van der Waals surface area contributed by atoms with Gasteiger partial charge in [-0.1, -0.05) is 12.1 Å². The average Bonchev–Trinajstić information content (AvgIpc) is 2.66. The fraction of sp³-hybridized carbons (Fsp3) is 0.636. The van der Waals surface area contributed by atoms with Crippen LogP contribution in [0.4, 0.5) is 4.79 Å². The average molecular weight is 421 g/mol. The third-order valence-corrected chi connectivity index (χ3v) is 5.42. The van der Waals surface area contributed by atoms with Gasteiger partial charge in [-0.15, -0.1) is 0 Å². The number of hydrogen-bond donors (Lipinski definition) is 2. The number of aliphatic hydroxyl groups is 2. The van der Waals surface area contributed by atoms with Gasteiger partial charge in [0.05, 0.1) is 24.3 Å². The second-order valence-corrected chi connectivity index (χ2v) is 9.11. The molecule has 3 atom stereocenters. The van der Waals surface area contributed by atoms with Crippen LogP contribution in [0.15, 0.2) is 18.2 Å². The van der Waals surface area contributed by atoms with Crippen molar-refractivity contribution in [3.8, 4) is 0 Å². The maximum atomic E-state index is 12.3. The molecule has 2 unspecified atom stereocenters. The predicted octanol–water partition coefficient (Wildman–Crippen LogP) is 1.73. The second kappa shape index (κ2) is 8.91. The van der Waals surface area contributed by atoms with E-state index in [1.165, 1.54) is 0 Å². The minimum atomic E-state index is -0.773. The van der Waals surface area contributed by atoms with E-state index in [0.717, 1.165) is 11.1 Å². The van der Waals surface area contributed by atoms with Gasteiger partial charge in [0.2, 0.25) is 0 Å². The molecule has 1 amide bonds. The Kier molecular flexibility index (Phi) is 6.69. The molecule has 166 valence electrons. The molecule has 0 spiro atoms. The lowest BCUT2D eigenvalue weighted by Crippen LogP contribution is -2.57. The molecule has 8 nitrogen and oxygen atoms in total. The number of ether oxygens (including phenoxy) is 2. The summed E-state index contributed by atoms with van der Waals surface area (Å²) in [5, 5.41) is 20.6. The lowest BCUT2D eigenvalue weighted by Gasteiger charge is -2.41. The SMILES string of the molecule is CC1Cc2cc(C(O)CN3CCN(C(=O)OC(C)(C)C)C[C@H]3CO)ccc2C(=O)O1. The van der Waals surface area contributed by atoms with Crippen molar-refractivity contribution in [3.63, 3.8) is 0 Å². The molecule has 1 aromatic carbocycles. The van der Waals surface area contributed by atoms with E-state index >= 15 is 0 Å². The molecule has 0 aromatic heterocycles. The van der Waals surface area contributed by atoms with Crippen molar-refractivity contribution in [2.75, 3.05) is 32.8 Å². The van der Waals surface area contributed by atoms with Crippen LogP contribution >= 0.6 is 0 Å². The number of carbonyl (C=O) groups is 2. The number of benzene rings is 1. The van der Waals surface area contributed by atoms with Gasteiger partial charge in [0.25, 0.3) is 0 Å². The quantitative estimate of drug-likeness (QED) is 0.716. The molecule has 30 heavy (non-hydrogen) atoms. The number of amides is 1. The van der Waals surface area contributed by atoms with Gasteiger partial charge >= 0.3 is 12.1 Å². The van der Waals surface area contributed by atoms with E-state index in [1.54, 1.807) is 17.0 Å². The highest BCUT2D eigenvalue weighted by atomic mass is 16.6. The zero-order valence-corrected chi connectivity index (χ0v) is 18.1. The van der Waals surface area contributed by atoms with Crippen molar-refractivity contribution in [2.45, 2.75) is 58.0 Å². The first-order valence-electron chi connectivity index (χ1n) is 10.4. The zero-order valence-electron chi connectivity index (χ0n) is 18.1. The van der Waals surface area contributed by atoms with E-state index in [9.17, 15) is 19.8 Å². The lowest BCUT2D eigenvalue weighted by molar-refractivity contribution is -0.0148. The van der Waals surface area contributed by atoms with Crippen LogP contribution < -0.4 is 0 Å². The van der Waals surface area contributed by atoms with Crippen molar-refractivity contribution in [1.82, 2.24) is 9.80 Å². The molecule has 2 heterocycles. The summed E-state index contributed by atoms with van der Waals surface area (Å²) in [6.45, 7) is 8.83. The first kappa shape index (κ1) is 22.5. The Bertz CT molecular complexity index is 790. The van der Waals surface area contributed by atoms with Gasteiger partial charge in [0.1, 0.15) is 11.7 Å². The Balaban J connectivity index is 1.64. The number of aliphatic hydroxyl groups excluding tert-OH is 2. The van der Waals surface area contributed by atoms with E-state index in [-0.39, 0.29) is 24.7 Å². The minimum absolute atomic E-state index is 0.125. The van der Waals surface area contributed by atoms with Crippen LogP contribution in [-0.4, -0.2) is 82.6 Å². The molecule has 1 aromatic rings. The van der Waals surface area contributed by atoms with Crippen LogP contribution in [0.3, 0.4) is 0 Å². The highest BCUT2D eigenvalue weighted by Gasteiger charge is 2.33. The number of nitrogens with zero attached hydrogens (tertiary/aromatic N) is 2. The minimum Gasteiger partial charge on any atom is -0.459 e. The highest BCUT2D eigenvalue weighted by molar-refractivity contribution is 5.92. The summed E-state index contributed by atoms with van der Waals surface area (Å²) in [6.07, 6.45) is -0.727. The van der Waals surface area contributed by atoms with Crippen LogP contribution in [0.5, 0.6) is 0 Å². The topological polar surface area (TPSA) is 99.5 Å². The maximum absolute atomic E-state index is 12.3. The molecule has 2 aliphatic rings. The van der Waals surface area contributed by atoms with Crippen LogP contribution in [0, 0.1) is 0 Å². The van der Waals surface area contributed by atoms with Crippen LogP contribution in [-0.2, 0) is 15.9 Å². The fourth-order valence-corrected chi connectivity index (χ4v) is 3.91. The van der Waals surface area contributed by atoms with Gasteiger partial charge in [0, 0.05) is 32.6 Å². The molecule has 0 bridgehead atoms. The van der Waals surface area contributed by atoms with E-state index in [1.807, 2.05) is 38.7 Å². The van der Waals surface area contributed by atoms with Crippen LogP contribution in [0.2, 0.25) is 0 Å². The Labute approximate surface area is 177 Å². The molecule has 0 radical (unpaired) electrons. The summed E-state index contributed by atoms with van der Waals surface area (Å²) >= 11 is 0. The molecule has 2 N–H and O–H groups in total. The number of esters is 1. The van der Waals surface area contributed by atoms with Gasteiger partial charge in [-0.05, 0) is 44.9 Å². The number of rotatable bonds is 4. The normalized spacial score (nSPS) is 23.5. The van der Waals surface area contributed by atoms with Gasteiger partial charge in [0.15, 0.2) is 0 Å². The molecule has 3 rings (SSSR count). The molecule has 1 saturated heterocycles. The van der Waals surface area contributed by atoms with Crippen molar-refractivity contribution < 1.29 is 29.3 Å². The van der Waals surface area contributed by atoms with E-state index in [4.69, 9.17) is 9.47 Å². The number of carbonyl (C=O) groups excluding carboxylic acids is 2. The third kappa shape index (κ3) is 5.30. The Morgan fingerprint density at radius 3 is 2.73 bits per heavy atom. The van der Waals surface area contributed by atoms with Crippen molar-refractivity contribution in [1.29, 1.82) is 0 Å². The highest BCUT2D eigenvalue weighted by Crippen LogP contribution is 2.26. The summed E-state index contributed by atoms with van der Waals surface area (Å²) in [5.74, 6) is -0.330. The van der Waals surface area contributed by atoms with Gasteiger partial charge in [-0.2, -0.15) is 0 Å². The van der Waals surface area contributed by atoms with E-state index in [2.05, 4.69) is 0 Å². The molecular formula is C22H32N2O6. The maximum Gasteiger partial charge on any atom is 0.410 e. The lowest BCUT2D eigenvalue weighted by atomic mass is 9.95. The van der Waals surface area contributed by atoms with Crippen LogP contribution in [0.25, 0.3) is 0 Å². The standard InChI is InChI=1S/C22H32N2O6/c1-14-9-16-10-15(5-6-18(16)20(27)29-14)19(26)12-23-7-8-24(11-17(23)13-25)21(28)30-22(2,3)4/h5-6,10,14,17,19,25-26H,7-9,11-13H2,1-4H3/t14?,17-,19?/m0/s1. The van der Waals surface area contributed by atoms with E-state index in [0.29, 0.717) is 38.2 Å². The number of cyclic esters (lactones) is 1. The largest absolute Gasteiger partial charge is 0.459 e. The number of hydrogen-bond acceptors (Lipinski definition) is 7. The van der Waals surface area contributed by atoms with E-state index < -0.39 is 17.8 Å². The predicted molar refractivity (Wildman–Crippen MR) is 110 cm³/mol. The van der Waals surface area contributed by atoms with Crippen molar-refractivity contribution in [3.05, 3.63) is 34.9 Å². The second-order valence-electron chi connectivity index (χ2n) is 9.11. The molecule has 0 saturated carbocycles. The van der Waals surface area contributed by atoms with Gasteiger partial charge in [-0.3, -0.25) is 4.90 Å². The summed E-state index contributed by atoms with van der Waals surface area (Å²) in [4.78, 5) is 27.9. The summed E-state index contributed by atoms with van der Waals surface area (Å²) in [6, 6.07) is 5.02. The summed E-state index contributed by atoms with van der Waals surface area (Å²) in [5.41, 5.74) is 1.57. The van der Waals surface area contributed by atoms with Crippen molar-refractivity contribution in [2.24, 2.45) is 0 Å². The van der Waals surface area contributed by atoms with Gasteiger partial charge in [-0.25, -0.2) is 9.59 Å². The first-order chi connectivity index (χ1) is 14.1. The number of piperazine rings is 1. The monoisotopic (exact) mass is 420 g/mol. The molecular weight excluding hydrogens is 388 g/mol. The zero-order chi connectivity index (χ0) is 22.1. The van der Waals surface area contributed by atoms with Crippen LogP contribution in [0.1, 0.15) is 55.3 Å². The Hall–Kier alpha value is -2.16.